The average Bonchev–Trinajstić information content (AvgIpc) is 2.46. The van der Waals surface area contributed by atoms with Crippen LogP contribution in [-0.2, 0) is 6.61 Å². The van der Waals surface area contributed by atoms with Gasteiger partial charge in [0.1, 0.15) is 18.4 Å². The van der Waals surface area contributed by atoms with Crippen molar-refractivity contribution in [1.29, 1.82) is 5.26 Å². The molecule has 0 heterocycles. The zero-order valence-corrected chi connectivity index (χ0v) is 11.5. The summed E-state index contributed by atoms with van der Waals surface area (Å²) in [5.41, 5.74) is 3.35. The first-order chi connectivity index (χ1) is 9.61. The van der Waals surface area contributed by atoms with Gasteiger partial charge in [-0.1, -0.05) is 35.9 Å². The number of hydrogen-bond donors (Lipinski definition) is 0. The molecule has 100 valence electrons. The van der Waals surface area contributed by atoms with E-state index in [0.29, 0.717) is 5.56 Å². The Labute approximate surface area is 118 Å². The molecule has 0 bridgehead atoms. The highest BCUT2D eigenvalue weighted by Gasteiger charge is 2.10. The Bertz CT molecular complexity index is 684. The highest BCUT2D eigenvalue weighted by molar-refractivity contribution is 6.08. The number of ketones is 1. The fourth-order valence-corrected chi connectivity index (χ4v) is 2.04. The number of carbonyl (C=O) groups is 1. The van der Waals surface area contributed by atoms with E-state index in [-0.39, 0.29) is 6.61 Å². The van der Waals surface area contributed by atoms with E-state index in [1.54, 1.807) is 24.3 Å². The lowest BCUT2D eigenvalue weighted by atomic mass is 10.0. The van der Waals surface area contributed by atoms with Crippen LogP contribution >= 0.6 is 0 Å². The smallest absolute Gasteiger partial charge is 0.262 e. The van der Waals surface area contributed by atoms with Crippen molar-refractivity contribution in [3.63, 3.8) is 0 Å². The lowest BCUT2D eigenvalue weighted by molar-refractivity contribution is 0.105. The third-order valence-electron chi connectivity index (χ3n) is 3.08. The van der Waals surface area contributed by atoms with Crippen molar-refractivity contribution in [1.82, 2.24) is 0 Å². The average molecular weight is 265 g/mol. The molecular weight excluding hydrogens is 250 g/mol. The first-order valence-electron chi connectivity index (χ1n) is 6.34. The van der Waals surface area contributed by atoms with E-state index in [1.165, 1.54) is 5.56 Å². The molecule has 2 aromatic carbocycles. The van der Waals surface area contributed by atoms with Crippen LogP contribution in [0.4, 0.5) is 0 Å². The van der Waals surface area contributed by atoms with Gasteiger partial charge in [0.2, 0.25) is 0 Å². The van der Waals surface area contributed by atoms with E-state index in [1.807, 2.05) is 38.1 Å². The Hall–Kier alpha value is -2.60. The van der Waals surface area contributed by atoms with E-state index < -0.39 is 5.78 Å². The van der Waals surface area contributed by atoms with Crippen molar-refractivity contribution >= 4 is 5.78 Å². The topological polar surface area (TPSA) is 50.1 Å². The van der Waals surface area contributed by atoms with Crippen LogP contribution in [0.15, 0.2) is 42.5 Å². The number of Topliss-reactive ketones (excluding diaryl/α,β-unsaturated/α-hetero) is 1. The Morgan fingerprint density at radius 3 is 2.65 bits per heavy atom. The normalized spacial score (nSPS) is 9.85. The van der Waals surface area contributed by atoms with Crippen LogP contribution in [0.1, 0.15) is 27.0 Å². The Kier molecular flexibility index (Phi) is 4.17. The molecule has 0 unspecified atom stereocenters. The predicted octanol–water partition coefficient (Wildman–Crippen LogP) is 3.59. The molecule has 20 heavy (non-hydrogen) atoms. The van der Waals surface area contributed by atoms with E-state index in [4.69, 9.17) is 10.00 Å². The van der Waals surface area contributed by atoms with Gasteiger partial charge in [-0.2, -0.15) is 5.26 Å². The summed E-state index contributed by atoms with van der Waals surface area (Å²) >= 11 is 0. The van der Waals surface area contributed by atoms with Gasteiger partial charge in [0.25, 0.3) is 5.78 Å². The Balaban J connectivity index is 2.19. The molecule has 0 N–H and O–H groups in total. The second-order valence-electron chi connectivity index (χ2n) is 4.66. The number of rotatable bonds is 4. The number of ether oxygens (including phenoxy) is 1. The van der Waals surface area contributed by atoms with Crippen molar-refractivity contribution < 1.29 is 9.53 Å². The first-order valence-corrected chi connectivity index (χ1v) is 6.34. The number of aryl methyl sites for hydroxylation is 2. The fraction of sp³-hybridized carbons (Fsp3) is 0.176. The summed E-state index contributed by atoms with van der Waals surface area (Å²) in [5, 5.41) is 8.73. The monoisotopic (exact) mass is 265 g/mol. The van der Waals surface area contributed by atoms with Crippen molar-refractivity contribution in [2.75, 3.05) is 0 Å². The molecular formula is C17H15NO2. The molecule has 0 amide bonds. The molecule has 2 aromatic rings. The van der Waals surface area contributed by atoms with Gasteiger partial charge in [-0.3, -0.25) is 4.79 Å². The molecule has 3 heteroatoms. The van der Waals surface area contributed by atoms with Gasteiger partial charge in [0, 0.05) is 11.1 Å². The Morgan fingerprint density at radius 2 is 1.95 bits per heavy atom. The second kappa shape index (κ2) is 6.03. The molecule has 0 spiro atoms. The summed E-state index contributed by atoms with van der Waals surface area (Å²) < 4.78 is 5.75. The number of nitrogens with zero attached hydrogens (tertiary/aromatic N) is 1. The van der Waals surface area contributed by atoms with E-state index in [2.05, 4.69) is 0 Å². The third-order valence-corrected chi connectivity index (χ3v) is 3.08. The Morgan fingerprint density at radius 1 is 1.20 bits per heavy atom. The molecule has 0 aromatic heterocycles. The zero-order chi connectivity index (χ0) is 14.5. The maximum atomic E-state index is 11.5. The molecule has 0 saturated carbocycles. The number of nitriles is 1. The van der Waals surface area contributed by atoms with Crippen LogP contribution in [0.3, 0.4) is 0 Å². The number of hydrogen-bond acceptors (Lipinski definition) is 3. The summed E-state index contributed by atoms with van der Waals surface area (Å²) in [4.78, 5) is 11.5. The van der Waals surface area contributed by atoms with Crippen molar-refractivity contribution in [2.45, 2.75) is 20.5 Å². The van der Waals surface area contributed by atoms with Gasteiger partial charge in [-0.25, -0.2) is 0 Å². The number of carbonyl (C=O) groups excluding carboxylic acids is 1. The maximum Gasteiger partial charge on any atom is 0.262 e. The second-order valence-corrected chi connectivity index (χ2v) is 4.66. The lowest BCUT2D eigenvalue weighted by Gasteiger charge is -2.11. The maximum absolute atomic E-state index is 11.5. The van der Waals surface area contributed by atoms with Gasteiger partial charge in [0.15, 0.2) is 0 Å². The van der Waals surface area contributed by atoms with Crippen molar-refractivity contribution in [3.8, 4) is 11.8 Å². The van der Waals surface area contributed by atoms with Crippen molar-refractivity contribution in [2.24, 2.45) is 0 Å². The minimum atomic E-state index is -0.537. The lowest BCUT2D eigenvalue weighted by Crippen LogP contribution is -2.05. The predicted molar refractivity (Wildman–Crippen MR) is 76.6 cm³/mol. The molecule has 0 saturated heterocycles. The largest absolute Gasteiger partial charge is 0.489 e. The van der Waals surface area contributed by atoms with Gasteiger partial charge >= 0.3 is 0 Å². The van der Waals surface area contributed by atoms with E-state index >= 15 is 0 Å². The number of benzene rings is 2. The van der Waals surface area contributed by atoms with Crippen molar-refractivity contribution in [3.05, 3.63) is 64.7 Å². The molecule has 0 aliphatic carbocycles. The van der Waals surface area contributed by atoms with Crippen LogP contribution in [0.5, 0.6) is 5.75 Å². The summed E-state index contributed by atoms with van der Waals surface area (Å²) in [6.45, 7) is 4.28. The standard InChI is InChI=1S/C17H15NO2/c1-12-7-8-17(13(2)9-12)20-11-14-5-3-4-6-15(14)16(19)10-18/h3-9H,11H2,1-2H3. The van der Waals surface area contributed by atoms with Crippen LogP contribution in [0.25, 0.3) is 0 Å². The van der Waals surface area contributed by atoms with E-state index in [9.17, 15) is 4.79 Å². The third kappa shape index (κ3) is 3.04. The van der Waals surface area contributed by atoms with E-state index in [0.717, 1.165) is 16.9 Å². The van der Waals surface area contributed by atoms with Gasteiger partial charge in [-0.05, 0) is 31.5 Å². The first kappa shape index (κ1) is 13.8. The van der Waals surface area contributed by atoms with Gasteiger partial charge in [-0.15, -0.1) is 0 Å². The van der Waals surface area contributed by atoms with Crippen LogP contribution in [0.2, 0.25) is 0 Å². The molecule has 2 rings (SSSR count). The van der Waals surface area contributed by atoms with Crippen LogP contribution < -0.4 is 4.74 Å². The summed E-state index contributed by atoms with van der Waals surface area (Å²) in [5.74, 6) is 0.250. The minimum Gasteiger partial charge on any atom is -0.489 e. The molecule has 0 radical (unpaired) electrons. The molecule has 0 aliphatic rings. The summed E-state index contributed by atoms with van der Waals surface area (Å²) in [7, 11) is 0. The molecule has 3 nitrogen and oxygen atoms in total. The molecule has 0 aliphatic heterocycles. The quantitative estimate of drug-likeness (QED) is 0.627. The SMILES string of the molecule is Cc1ccc(OCc2ccccc2C(=O)C#N)c(C)c1. The van der Waals surface area contributed by atoms with Gasteiger partial charge < -0.3 is 4.74 Å². The highest BCUT2D eigenvalue weighted by Crippen LogP contribution is 2.21. The molecule has 0 fully saturated rings. The summed E-state index contributed by atoms with van der Waals surface area (Å²) in [6, 6.07) is 14.6. The highest BCUT2D eigenvalue weighted by atomic mass is 16.5. The van der Waals surface area contributed by atoms with Crippen LogP contribution in [-0.4, -0.2) is 5.78 Å². The van der Waals surface area contributed by atoms with Crippen LogP contribution in [0, 0.1) is 25.2 Å². The summed E-state index contributed by atoms with van der Waals surface area (Å²) in [6.07, 6.45) is 0. The van der Waals surface area contributed by atoms with Gasteiger partial charge in [0.05, 0.1) is 0 Å². The fourth-order valence-electron chi connectivity index (χ4n) is 2.04. The molecule has 0 atom stereocenters. The zero-order valence-electron chi connectivity index (χ0n) is 11.5. The minimum absolute atomic E-state index is 0.271.